The zero-order valence-electron chi connectivity index (χ0n) is 18.7. The maximum absolute atomic E-state index is 13.5. The number of nitrogens with one attached hydrogen (secondary N) is 1. The summed E-state index contributed by atoms with van der Waals surface area (Å²) in [4.78, 5) is 33.4. The summed E-state index contributed by atoms with van der Waals surface area (Å²) < 4.78 is 0. The maximum atomic E-state index is 13.5. The summed E-state index contributed by atoms with van der Waals surface area (Å²) in [6.45, 7) is 3.66. The van der Waals surface area contributed by atoms with Gasteiger partial charge in [0, 0.05) is 49.0 Å². The summed E-state index contributed by atoms with van der Waals surface area (Å²) >= 11 is 6.32. The molecule has 5 rings (SSSR count). The number of oxime groups is 1. The van der Waals surface area contributed by atoms with Gasteiger partial charge in [0.05, 0.1) is 5.71 Å². The van der Waals surface area contributed by atoms with E-state index in [1.54, 1.807) is 6.92 Å². The molecule has 0 aliphatic carbocycles. The molecule has 3 heterocycles. The minimum absolute atomic E-state index is 0.0559. The first-order valence-electron chi connectivity index (χ1n) is 11.5. The second-order valence-electron chi connectivity index (χ2n) is 9.62. The van der Waals surface area contributed by atoms with Crippen LogP contribution < -0.4 is 5.32 Å². The molecule has 2 aromatic rings. The molecule has 0 bridgehead atoms. The molecule has 33 heavy (non-hydrogen) atoms. The number of hydrogen-bond donors (Lipinski definition) is 1. The van der Waals surface area contributed by atoms with Crippen LogP contribution in [0.25, 0.3) is 0 Å². The summed E-state index contributed by atoms with van der Waals surface area (Å²) in [7, 11) is 0. The molecule has 0 aromatic heterocycles. The third-order valence-electron chi connectivity index (χ3n) is 7.50. The molecule has 6 nitrogen and oxygen atoms in total. The van der Waals surface area contributed by atoms with E-state index in [0.29, 0.717) is 43.2 Å². The largest absolute Gasteiger partial charge is 0.379 e. The molecule has 2 aromatic carbocycles. The molecule has 0 radical (unpaired) electrons. The van der Waals surface area contributed by atoms with Gasteiger partial charge in [0.15, 0.2) is 0 Å². The Morgan fingerprint density at radius 2 is 1.79 bits per heavy atom. The van der Waals surface area contributed by atoms with Crippen molar-refractivity contribution < 1.29 is 14.4 Å². The fraction of sp³-hybridized carbons (Fsp3) is 0.423. The van der Waals surface area contributed by atoms with E-state index in [1.807, 2.05) is 47.4 Å². The van der Waals surface area contributed by atoms with E-state index in [2.05, 4.69) is 22.6 Å². The maximum Gasteiger partial charge on any atom is 0.269 e. The van der Waals surface area contributed by atoms with Crippen molar-refractivity contribution in [3.8, 4) is 0 Å². The van der Waals surface area contributed by atoms with Gasteiger partial charge in [-0.2, -0.15) is 0 Å². The normalized spacial score (nSPS) is 26.5. The third kappa shape index (κ3) is 4.01. The van der Waals surface area contributed by atoms with Crippen LogP contribution in [-0.4, -0.2) is 47.7 Å². The van der Waals surface area contributed by atoms with Gasteiger partial charge in [-0.05, 0) is 36.8 Å². The number of halogens is 1. The summed E-state index contributed by atoms with van der Waals surface area (Å²) in [5.41, 5.74) is 1.57. The molecule has 1 spiro atoms. The Labute approximate surface area is 198 Å². The molecule has 7 heteroatoms. The van der Waals surface area contributed by atoms with E-state index in [9.17, 15) is 9.59 Å². The van der Waals surface area contributed by atoms with Gasteiger partial charge in [-0.15, -0.1) is 0 Å². The molecular weight excluding hydrogens is 438 g/mol. The number of likely N-dealkylation sites (tertiary alicyclic amines) is 1. The van der Waals surface area contributed by atoms with Gasteiger partial charge in [0.25, 0.3) is 5.91 Å². The lowest BCUT2D eigenvalue weighted by Gasteiger charge is -2.49. The molecule has 0 saturated carbocycles. The van der Waals surface area contributed by atoms with Crippen molar-refractivity contribution in [2.45, 2.75) is 44.1 Å². The third-order valence-corrected chi connectivity index (χ3v) is 7.83. The summed E-state index contributed by atoms with van der Waals surface area (Å²) in [5, 5.41) is 7.86. The van der Waals surface area contributed by atoms with Gasteiger partial charge in [-0.3, -0.25) is 9.59 Å². The quantitative estimate of drug-likeness (QED) is 0.740. The van der Waals surface area contributed by atoms with Crippen molar-refractivity contribution >= 4 is 29.1 Å². The zero-order valence-corrected chi connectivity index (χ0v) is 19.5. The Morgan fingerprint density at radius 3 is 2.52 bits per heavy atom. The van der Waals surface area contributed by atoms with Gasteiger partial charge in [0.2, 0.25) is 11.5 Å². The van der Waals surface area contributed by atoms with E-state index >= 15 is 0 Å². The van der Waals surface area contributed by atoms with Gasteiger partial charge < -0.3 is 15.1 Å². The second-order valence-corrected chi connectivity index (χ2v) is 10.0. The van der Waals surface area contributed by atoms with Gasteiger partial charge in [-0.1, -0.05) is 65.3 Å². The minimum Gasteiger partial charge on any atom is -0.379 e. The van der Waals surface area contributed by atoms with Crippen molar-refractivity contribution in [1.29, 1.82) is 0 Å². The van der Waals surface area contributed by atoms with Crippen LogP contribution in [-0.2, 0) is 14.4 Å². The monoisotopic (exact) mass is 465 g/mol. The zero-order chi connectivity index (χ0) is 23.1. The number of piperidine rings is 2. The number of carbonyl (C=O) groups excluding carboxylic acids is 2. The van der Waals surface area contributed by atoms with E-state index in [0.717, 1.165) is 18.4 Å². The van der Waals surface area contributed by atoms with Crippen molar-refractivity contribution in [2.24, 2.45) is 10.6 Å². The Balaban J connectivity index is 1.29. The average Bonchev–Trinajstić information content (AvgIpc) is 3.23. The van der Waals surface area contributed by atoms with Crippen LogP contribution >= 0.6 is 11.6 Å². The SMILES string of the molecule is CC1(C(=O)N2CCC3(CC2)CC(=O)NCC3c2ccccc2)CC(c2ccccc2Cl)=NO1. The van der Waals surface area contributed by atoms with Crippen LogP contribution in [0.5, 0.6) is 0 Å². The first-order valence-corrected chi connectivity index (χ1v) is 11.9. The number of nitrogens with zero attached hydrogens (tertiary/aromatic N) is 2. The lowest BCUT2D eigenvalue weighted by molar-refractivity contribution is -0.156. The molecule has 2 amide bonds. The van der Waals surface area contributed by atoms with Crippen molar-refractivity contribution in [3.63, 3.8) is 0 Å². The van der Waals surface area contributed by atoms with Crippen LogP contribution in [0.3, 0.4) is 0 Å². The smallest absolute Gasteiger partial charge is 0.269 e. The molecule has 2 unspecified atom stereocenters. The van der Waals surface area contributed by atoms with Crippen LogP contribution in [0.4, 0.5) is 0 Å². The predicted octanol–water partition coefficient (Wildman–Crippen LogP) is 4.14. The highest BCUT2D eigenvalue weighted by molar-refractivity contribution is 6.34. The number of amides is 2. The number of hydrogen-bond acceptors (Lipinski definition) is 4. The van der Waals surface area contributed by atoms with E-state index in [4.69, 9.17) is 16.4 Å². The topological polar surface area (TPSA) is 71.0 Å². The van der Waals surface area contributed by atoms with Crippen molar-refractivity contribution in [2.75, 3.05) is 19.6 Å². The first kappa shape index (κ1) is 22.0. The Bertz CT molecular complexity index is 1090. The Kier molecular flexibility index (Phi) is 5.65. The van der Waals surface area contributed by atoms with Crippen LogP contribution in [0.15, 0.2) is 59.8 Å². The number of carbonyl (C=O) groups is 2. The van der Waals surface area contributed by atoms with Crippen LogP contribution in [0.2, 0.25) is 5.02 Å². The highest BCUT2D eigenvalue weighted by Crippen LogP contribution is 2.49. The number of rotatable bonds is 3. The Morgan fingerprint density at radius 1 is 1.09 bits per heavy atom. The molecular formula is C26H28ClN3O3. The second kappa shape index (κ2) is 8.49. The lowest BCUT2D eigenvalue weighted by Crippen LogP contribution is -2.56. The highest BCUT2D eigenvalue weighted by atomic mass is 35.5. The highest BCUT2D eigenvalue weighted by Gasteiger charge is 2.50. The van der Waals surface area contributed by atoms with Gasteiger partial charge >= 0.3 is 0 Å². The van der Waals surface area contributed by atoms with Gasteiger partial charge in [0.1, 0.15) is 0 Å². The number of benzene rings is 2. The summed E-state index contributed by atoms with van der Waals surface area (Å²) in [5.74, 6) is 0.299. The molecule has 3 aliphatic heterocycles. The van der Waals surface area contributed by atoms with E-state index < -0.39 is 5.60 Å². The minimum atomic E-state index is -1.04. The standard InChI is InChI=1S/C26H28ClN3O3/c1-25(15-22(29-33-25)19-9-5-6-10-21(19)27)24(32)30-13-11-26(12-14-30)16-23(31)28-17-20(26)18-7-3-2-4-8-18/h2-10,20H,11-17H2,1H3,(H,28,31). The average molecular weight is 466 g/mol. The fourth-order valence-corrected chi connectivity index (χ4v) is 5.85. The van der Waals surface area contributed by atoms with Crippen LogP contribution in [0, 0.1) is 5.41 Å². The van der Waals surface area contributed by atoms with E-state index in [1.165, 1.54) is 5.56 Å². The Hall–Kier alpha value is -2.86. The first-order chi connectivity index (χ1) is 15.9. The van der Waals surface area contributed by atoms with Crippen molar-refractivity contribution in [3.05, 3.63) is 70.7 Å². The lowest BCUT2D eigenvalue weighted by atomic mass is 9.62. The molecule has 1 N–H and O–H groups in total. The summed E-state index contributed by atoms with van der Waals surface area (Å²) in [6, 6.07) is 17.9. The summed E-state index contributed by atoms with van der Waals surface area (Å²) in [6.07, 6.45) is 2.47. The molecule has 3 aliphatic rings. The van der Waals surface area contributed by atoms with Crippen LogP contribution in [0.1, 0.15) is 49.7 Å². The van der Waals surface area contributed by atoms with Gasteiger partial charge in [-0.25, -0.2) is 0 Å². The molecule has 2 fully saturated rings. The molecule has 2 atom stereocenters. The van der Waals surface area contributed by atoms with E-state index in [-0.39, 0.29) is 23.1 Å². The molecule has 172 valence electrons. The fourth-order valence-electron chi connectivity index (χ4n) is 5.60. The van der Waals surface area contributed by atoms with Crippen molar-refractivity contribution in [1.82, 2.24) is 10.2 Å². The predicted molar refractivity (Wildman–Crippen MR) is 127 cm³/mol. The molecule has 2 saturated heterocycles.